The van der Waals surface area contributed by atoms with Gasteiger partial charge in [0.2, 0.25) is 17.6 Å². The molecule has 1 amide bonds. The van der Waals surface area contributed by atoms with E-state index in [2.05, 4.69) is 34.6 Å². The predicted octanol–water partition coefficient (Wildman–Crippen LogP) is 3.95. The van der Waals surface area contributed by atoms with E-state index in [0.717, 1.165) is 17.5 Å². The minimum Gasteiger partial charge on any atom is -0.341 e. The van der Waals surface area contributed by atoms with Crippen LogP contribution in [0, 0.1) is 0 Å². The topological polar surface area (TPSA) is 59.2 Å². The quantitative estimate of drug-likeness (QED) is 0.644. The maximum absolute atomic E-state index is 12.2. The number of nitrogens with zero attached hydrogens (tertiary/aromatic N) is 3. The lowest BCUT2D eigenvalue weighted by Gasteiger charge is -2.15. The largest absolute Gasteiger partial charge is 0.341 e. The molecule has 0 N–H and O–H groups in total. The molecule has 5 nitrogen and oxygen atoms in total. The standard InChI is InChI=1S/C19H21N3O2S/c1-3-14-4-6-16(7-5-14)19-20-17(24-21-19)8-9-18(23)22(2)12-15-10-11-25-13-15/h4-7,10-11,13H,3,8-9,12H2,1-2H3. The number of hydrogen-bond donors (Lipinski definition) is 0. The third-order valence-corrected chi connectivity index (χ3v) is 4.80. The SMILES string of the molecule is CCc1ccc(-c2noc(CCC(=O)N(C)Cc3ccsc3)n2)cc1. The van der Waals surface area contributed by atoms with E-state index < -0.39 is 0 Å². The van der Waals surface area contributed by atoms with Crippen molar-refractivity contribution < 1.29 is 9.32 Å². The van der Waals surface area contributed by atoms with Crippen molar-refractivity contribution in [2.45, 2.75) is 32.7 Å². The number of rotatable bonds is 7. The average molecular weight is 355 g/mol. The van der Waals surface area contributed by atoms with Crippen LogP contribution in [0.15, 0.2) is 45.6 Å². The monoisotopic (exact) mass is 355 g/mol. The van der Waals surface area contributed by atoms with Crippen molar-refractivity contribution >= 4 is 17.2 Å². The molecule has 0 unspecified atom stereocenters. The van der Waals surface area contributed by atoms with Crippen molar-refractivity contribution in [3.05, 3.63) is 58.1 Å². The van der Waals surface area contributed by atoms with E-state index in [1.165, 1.54) is 5.56 Å². The Morgan fingerprint density at radius 1 is 1.20 bits per heavy atom. The second kappa shape index (κ2) is 8.07. The molecule has 0 fully saturated rings. The van der Waals surface area contributed by atoms with Crippen LogP contribution in [0.2, 0.25) is 0 Å². The Hall–Kier alpha value is -2.47. The first-order chi connectivity index (χ1) is 12.2. The molecule has 0 aliphatic heterocycles. The van der Waals surface area contributed by atoms with Gasteiger partial charge in [-0.1, -0.05) is 36.3 Å². The zero-order chi connectivity index (χ0) is 17.6. The van der Waals surface area contributed by atoms with Gasteiger partial charge in [-0.15, -0.1) is 0 Å². The average Bonchev–Trinajstić information content (AvgIpc) is 3.31. The van der Waals surface area contributed by atoms with Gasteiger partial charge in [-0.2, -0.15) is 16.3 Å². The summed E-state index contributed by atoms with van der Waals surface area (Å²) in [7, 11) is 1.81. The molecule has 0 bridgehead atoms. The minimum atomic E-state index is 0.0678. The van der Waals surface area contributed by atoms with Crippen LogP contribution >= 0.6 is 11.3 Å². The fourth-order valence-electron chi connectivity index (χ4n) is 2.51. The van der Waals surface area contributed by atoms with E-state index >= 15 is 0 Å². The molecule has 130 valence electrons. The Morgan fingerprint density at radius 2 is 2.00 bits per heavy atom. The zero-order valence-corrected chi connectivity index (χ0v) is 15.3. The Balaban J connectivity index is 1.55. The van der Waals surface area contributed by atoms with Gasteiger partial charge in [-0.25, -0.2) is 0 Å². The Kier molecular flexibility index (Phi) is 5.60. The number of hydrogen-bond acceptors (Lipinski definition) is 5. The first-order valence-corrected chi connectivity index (χ1v) is 9.27. The normalized spacial score (nSPS) is 10.8. The van der Waals surface area contributed by atoms with Crippen molar-refractivity contribution in [1.29, 1.82) is 0 Å². The van der Waals surface area contributed by atoms with Gasteiger partial charge < -0.3 is 9.42 Å². The molecular formula is C19H21N3O2S. The molecule has 0 aliphatic carbocycles. The van der Waals surface area contributed by atoms with Gasteiger partial charge in [-0.05, 0) is 34.4 Å². The number of carbonyl (C=O) groups excluding carboxylic acids is 1. The third kappa shape index (κ3) is 4.54. The second-order valence-corrected chi connectivity index (χ2v) is 6.72. The summed E-state index contributed by atoms with van der Waals surface area (Å²) in [5.41, 5.74) is 3.34. The van der Waals surface area contributed by atoms with E-state index in [-0.39, 0.29) is 5.91 Å². The lowest BCUT2D eigenvalue weighted by Crippen LogP contribution is -2.26. The lowest BCUT2D eigenvalue weighted by atomic mass is 10.1. The number of benzene rings is 1. The van der Waals surface area contributed by atoms with E-state index in [1.807, 2.05) is 30.6 Å². The minimum absolute atomic E-state index is 0.0678. The van der Waals surface area contributed by atoms with Crippen molar-refractivity contribution in [3.8, 4) is 11.4 Å². The highest BCUT2D eigenvalue weighted by atomic mass is 32.1. The molecule has 0 aliphatic rings. The summed E-state index contributed by atoms with van der Waals surface area (Å²) >= 11 is 1.64. The molecule has 1 aromatic carbocycles. The maximum atomic E-state index is 12.2. The van der Waals surface area contributed by atoms with E-state index in [4.69, 9.17) is 4.52 Å². The van der Waals surface area contributed by atoms with Gasteiger partial charge >= 0.3 is 0 Å². The summed E-state index contributed by atoms with van der Waals surface area (Å²) in [4.78, 5) is 18.4. The highest BCUT2D eigenvalue weighted by Gasteiger charge is 2.13. The summed E-state index contributed by atoms with van der Waals surface area (Å²) in [6, 6.07) is 10.1. The molecule has 2 heterocycles. The van der Waals surface area contributed by atoms with E-state index in [9.17, 15) is 4.79 Å². The molecule has 3 aromatic rings. The predicted molar refractivity (Wildman–Crippen MR) is 98.2 cm³/mol. The van der Waals surface area contributed by atoms with Gasteiger partial charge in [0, 0.05) is 32.0 Å². The van der Waals surface area contributed by atoms with Crippen molar-refractivity contribution in [1.82, 2.24) is 15.0 Å². The highest BCUT2D eigenvalue weighted by molar-refractivity contribution is 7.07. The number of thiophene rings is 1. The Labute approximate surface area is 151 Å². The first-order valence-electron chi connectivity index (χ1n) is 8.32. The van der Waals surface area contributed by atoms with Gasteiger partial charge in [-0.3, -0.25) is 4.79 Å². The summed E-state index contributed by atoms with van der Waals surface area (Å²) in [5.74, 6) is 1.13. The molecule has 3 rings (SSSR count). The number of amides is 1. The Bertz CT molecular complexity index is 810. The van der Waals surface area contributed by atoms with Gasteiger partial charge in [0.25, 0.3) is 0 Å². The molecule has 0 radical (unpaired) electrons. The second-order valence-electron chi connectivity index (χ2n) is 5.94. The fraction of sp³-hybridized carbons (Fsp3) is 0.316. The van der Waals surface area contributed by atoms with Crippen LogP contribution in [0.25, 0.3) is 11.4 Å². The van der Waals surface area contributed by atoms with Crippen LogP contribution in [-0.2, 0) is 24.2 Å². The van der Waals surface area contributed by atoms with Crippen molar-refractivity contribution in [2.24, 2.45) is 0 Å². The van der Waals surface area contributed by atoms with Crippen LogP contribution in [0.1, 0.15) is 30.4 Å². The molecule has 25 heavy (non-hydrogen) atoms. The molecule has 0 saturated heterocycles. The summed E-state index contributed by atoms with van der Waals surface area (Å²) in [6.45, 7) is 2.75. The molecule has 2 aromatic heterocycles. The van der Waals surface area contributed by atoms with Crippen LogP contribution in [0.3, 0.4) is 0 Å². The van der Waals surface area contributed by atoms with Crippen LogP contribution in [0.4, 0.5) is 0 Å². The molecular weight excluding hydrogens is 334 g/mol. The number of carbonyl (C=O) groups is 1. The smallest absolute Gasteiger partial charge is 0.227 e. The molecule has 0 atom stereocenters. The lowest BCUT2D eigenvalue weighted by molar-refractivity contribution is -0.130. The maximum Gasteiger partial charge on any atom is 0.227 e. The van der Waals surface area contributed by atoms with Crippen molar-refractivity contribution in [2.75, 3.05) is 7.05 Å². The van der Waals surface area contributed by atoms with E-state index in [1.54, 1.807) is 16.2 Å². The van der Waals surface area contributed by atoms with Gasteiger partial charge in [0.05, 0.1) is 0 Å². The van der Waals surface area contributed by atoms with Crippen LogP contribution < -0.4 is 0 Å². The number of aryl methyl sites for hydroxylation is 2. The molecule has 0 spiro atoms. The third-order valence-electron chi connectivity index (χ3n) is 4.07. The molecule has 0 saturated carbocycles. The van der Waals surface area contributed by atoms with Crippen molar-refractivity contribution in [3.63, 3.8) is 0 Å². The summed E-state index contributed by atoms with van der Waals surface area (Å²) < 4.78 is 5.28. The summed E-state index contributed by atoms with van der Waals surface area (Å²) in [5, 5.41) is 8.08. The van der Waals surface area contributed by atoms with Crippen LogP contribution in [-0.4, -0.2) is 28.0 Å². The Morgan fingerprint density at radius 3 is 2.68 bits per heavy atom. The summed E-state index contributed by atoms with van der Waals surface area (Å²) in [6.07, 6.45) is 1.81. The van der Waals surface area contributed by atoms with Gasteiger partial charge in [0.1, 0.15) is 0 Å². The zero-order valence-electron chi connectivity index (χ0n) is 14.4. The highest BCUT2D eigenvalue weighted by Crippen LogP contribution is 2.17. The molecule has 6 heteroatoms. The van der Waals surface area contributed by atoms with Crippen LogP contribution in [0.5, 0.6) is 0 Å². The van der Waals surface area contributed by atoms with E-state index in [0.29, 0.717) is 31.1 Å². The van der Waals surface area contributed by atoms with Gasteiger partial charge in [0.15, 0.2) is 0 Å². The fourth-order valence-corrected chi connectivity index (χ4v) is 3.17. The first kappa shape index (κ1) is 17.4. The number of aromatic nitrogens is 2.